The standard InChI is InChI=1S/C20H28N2O4S/c1-20(2,3)19(26)22-13-27-12-16(22)18(25)21-15(9-10-17(23)24)11-14-7-5-4-6-8-14/h4-8,15-16H,9-13H2,1-3H3,(H,21,25)(H,23,24). The first-order chi connectivity index (χ1) is 12.7. The Morgan fingerprint density at radius 2 is 1.93 bits per heavy atom. The maximum atomic E-state index is 12.9. The third-order valence-corrected chi connectivity index (χ3v) is 5.48. The van der Waals surface area contributed by atoms with Crippen molar-refractivity contribution in [1.29, 1.82) is 0 Å². The summed E-state index contributed by atoms with van der Waals surface area (Å²) in [6.07, 6.45) is 0.901. The van der Waals surface area contributed by atoms with Gasteiger partial charge in [-0.25, -0.2) is 0 Å². The van der Waals surface area contributed by atoms with Crippen molar-refractivity contribution in [2.24, 2.45) is 5.41 Å². The molecule has 2 atom stereocenters. The van der Waals surface area contributed by atoms with E-state index in [2.05, 4.69) is 5.32 Å². The minimum Gasteiger partial charge on any atom is -0.481 e. The van der Waals surface area contributed by atoms with Gasteiger partial charge in [0.25, 0.3) is 0 Å². The van der Waals surface area contributed by atoms with Gasteiger partial charge in [0.1, 0.15) is 6.04 Å². The summed E-state index contributed by atoms with van der Waals surface area (Å²) in [4.78, 5) is 38.1. The van der Waals surface area contributed by atoms with Crippen LogP contribution in [0.4, 0.5) is 0 Å². The van der Waals surface area contributed by atoms with Crippen LogP contribution in [0.2, 0.25) is 0 Å². The van der Waals surface area contributed by atoms with E-state index in [-0.39, 0.29) is 24.3 Å². The van der Waals surface area contributed by atoms with Crippen molar-refractivity contribution in [3.05, 3.63) is 35.9 Å². The molecule has 0 radical (unpaired) electrons. The van der Waals surface area contributed by atoms with Gasteiger partial charge in [0.2, 0.25) is 11.8 Å². The van der Waals surface area contributed by atoms with Gasteiger partial charge in [-0.3, -0.25) is 14.4 Å². The first-order valence-electron chi connectivity index (χ1n) is 9.13. The number of rotatable bonds is 7. The van der Waals surface area contributed by atoms with Crippen LogP contribution in [0.3, 0.4) is 0 Å². The van der Waals surface area contributed by atoms with Crippen molar-refractivity contribution in [3.63, 3.8) is 0 Å². The maximum Gasteiger partial charge on any atom is 0.303 e. The number of carbonyl (C=O) groups is 3. The Balaban J connectivity index is 2.07. The molecule has 0 spiro atoms. The lowest BCUT2D eigenvalue weighted by Crippen LogP contribution is -2.52. The first kappa shape index (κ1) is 21.3. The fourth-order valence-corrected chi connectivity index (χ4v) is 4.16. The van der Waals surface area contributed by atoms with Gasteiger partial charge in [-0.1, -0.05) is 51.1 Å². The fraction of sp³-hybridized carbons (Fsp3) is 0.550. The number of thioether (sulfide) groups is 1. The molecule has 1 aliphatic heterocycles. The zero-order valence-corrected chi connectivity index (χ0v) is 16.9. The molecule has 1 aromatic carbocycles. The second kappa shape index (κ2) is 9.26. The lowest BCUT2D eigenvalue weighted by atomic mass is 9.94. The molecule has 148 valence electrons. The fourth-order valence-electron chi connectivity index (χ4n) is 3.01. The molecular weight excluding hydrogens is 364 g/mol. The molecule has 2 rings (SSSR count). The highest BCUT2D eigenvalue weighted by Crippen LogP contribution is 2.27. The molecule has 1 saturated heterocycles. The number of aliphatic carboxylic acids is 1. The second-order valence-corrected chi connectivity index (χ2v) is 8.87. The monoisotopic (exact) mass is 392 g/mol. The molecule has 2 amide bonds. The van der Waals surface area contributed by atoms with Crippen LogP contribution in [-0.2, 0) is 20.8 Å². The number of nitrogens with zero attached hydrogens (tertiary/aromatic N) is 1. The van der Waals surface area contributed by atoms with Gasteiger partial charge in [-0.2, -0.15) is 0 Å². The van der Waals surface area contributed by atoms with Crippen LogP contribution < -0.4 is 5.32 Å². The minimum absolute atomic E-state index is 0.0121. The average Bonchev–Trinajstić information content (AvgIpc) is 3.08. The molecule has 6 nitrogen and oxygen atoms in total. The number of carboxylic acid groups (broad SMARTS) is 1. The van der Waals surface area contributed by atoms with Crippen LogP contribution >= 0.6 is 11.8 Å². The molecule has 1 fully saturated rings. The minimum atomic E-state index is -0.886. The Morgan fingerprint density at radius 1 is 1.26 bits per heavy atom. The number of hydrogen-bond acceptors (Lipinski definition) is 4. The molecule has 0 aromatic heterocycles. The van der Waals surface area contributed by atoms with E-state index in [0.717, 1.165) is 5.56 Å². The summed E-state index contributed by atoms with van der Waals surface area (Å²) in [5, 5.41) is 12.0. The Bertz CT molecular complexity index is 672. The average molecular weight is 393 g/mol. The number of carbonyl (C=O) groups excluding carboxylic acids is 2. The van der Waals surface area contributed by atoms with Gasteiger partial charge in [0.15, 0.2) is 0 Å². The molecule has 0 saturated carbocycles. The summed E-state index contributed by atoms with van der Waals surface area (Å²) >= 11 is 1.56. The van der Waals surface area contributed by atoms with Crippen molar-refractivity contribution >= 4 is 29.5 Å². The van der Waals surface area contributed by atoms with Crippen LogP contribution in [-0.4, -0.2) is 51.5 Å². The normalized spacial score (nSPS) is 18.2. The van der Waals surface area contributed by atoms with Gasteiger partial charge in [0.05, 0.1) is 5.88 Å². The maximum absolute atomic E-state index is 12.9. The van der Waals surface area contributed by atoms with E-state index in [0.29, 0.717) is 24.5 Å². The summed E-state index contributed by atoms with van der Waals surface area (Å²) in [5.74, 6) is -0.0675. The van der Waals surface area contributed by atoms with Gasteiger partial charge in [0, 0.05) is 23.6 Å². The predicted molar refractivity (Wildman–Crippen MR) is 106 cm³/mol. The Hall–Kier alpha value is -2.02. The third kappa shape index (κ3) is 6.27. The van der Waals surface area contributed by atoms with E-state index in [1.54, 1.807) is 16.7 Å². The highest BCUT2D eigenvalue weighted by Gasteiger charge is 2.39. The molecule has 7 heteroatoms. The van der Waals surface area contributed by atoms with Crippen molar-refractivity contribution in [2.45, 2.75) is 52.1 Å². The second-order valence-electron chi connectivity index (χ2n) is 7.87. The number of benzene rings is 1. The van der Waals surface area contributed by atoms with Crippen LogP contribution in [0, 0.1) is 5.41 Å². The highest BCUT2D eigenvalue weighted by molar-refractivity contribution is 7.99. The Kier molecular flexibility index (Phi) is 7.30. The summed E-state index contributed by atoms with van der Waals surface area (Å²) in [6.45, 7) is 5.54. The highest BCUT2D eigenvalue weighted by atomic mass is 32.2. The molecule has 2 unspecified atom stereocenters. The van der Waals surface area contributed by atoms with Gasteiger partial charge in [-0.05, 0) is 18.4 Å². The number of hydrogen-bond donors (Lipinski definition) is 2. The summed E-state index contributed by atoms with van der Waals surface area (Å²) < 4.78 is 0. The van der Waals surface area contributed by atoms with Crippen LogP contribution in [0.15, 0.2) is 30.3 Å². The van der Waals surface area contributed by atoms with Crippen LogP contribution in [0.1, 0.15) is 39.2 Å². The van der Waals surface area contributed by atoms with Crippen molar-refractivity contribution in [1.82, 2.24) is 10.2 Å². The SMILES string of the molecule is CC(C)(C)C(=O)N1CSCC1C(=O)NC(CCC(=O)O)Cc1ccccc1. The van der Waals surface area contributed by atoms with Gasteiger partial charge >= 0.3 is 5.97 Å². The van der Waals surface area contributed by atoms with E-state index in [4.69, 9.17) is 5.11 Å². The summed E-state index contributed by atoms with van der Waals surface area (Å²) in [5.41, 5.74) is 0.493. The molecule has 2 N–H and O–H groups in total. The summed E-state index contributed by atoms with van der Waals surface area (Å²) in [6, 6.07) is 8.88. The summed E-state index contributed by atoms with van der Waals surface area (Å²) in [7, 11) is 0. The van der Waals surface area contributed by atoms with E-state index in [1.165, 1.54) is 0 Å². The smallest absolute Gasteiger partial charge is 0.303 e. The third-order valence-electron chi connectivity index (χ3n) is 4.47. The molecule has 1 heterocycles. The lowest BCUT2D eigenvalue weighted by molar-refractivity contribution is -0.144. The number of amides is 2. The van der Waals surface area contributed by atoms with Crippen LogP contribution in [0.25, 0.3) is 0 Å². The van der Waals surface area contributed by atoms with E-state index >= 15 is 0 Å². The van der Waals surface area contributed by atoms with Crippen molar-refractivity contribution in [3.8, 4) is 0 Å². The molecular formula is C20H28N2O4S. The van der Waals surface area contributed by atoms with Crippen molar-refractivity contribution < 1.29 is 19.5 Å². The number of carboxylic acids is 1. The van der Waals surface area contributed by atoms with Crippen LogP contribution in [0.5, 0.6) is 0 Å². The Labute approximate surface area is 164 Å². The molecule has 0 bridgehead atoms. The van der Waals surface area contributed by atoms with Gasteiger partial charge in [-0.15, -0.1) is 11.8 Å². The molecule has 0 aliphatic carbocycles. The van der Waals surface area contributed by atoms with Gasteiger partial charge < -0.3 is 15.3 Å². The largest absolute Gasteiger partial charge is 0.481 e. The predicted octanol–water partition coefficient (Wildman–Crippen LogP) is 2.53. The zero-order valence-electron chi connectivity index (χ0n) is 16.1. The number of nitrogens with one attached hydrogen (secondary N) is 1. The molecule has 27 heavy (non-hydrogen) atoms. The topological polar surface area (TPSA) is 86.7 Å². The zero-order chi connectivity index (χ0) is 20.0. The first-order valence-corrected chi connectivity index (χ1v) is 10.3. The quantitative estimate of drug-likeness (QED) is 0.745. The Morgan fingerprint density at radius 3 is 2.52 bits per heavy atom. The van der Waals surface area contributed by atoms with E-state index in [9.17, 15) is 14.4 Å². The van der Waals surface area contributed by atoms with E-state index in [1.807, 2.05) is 51.1 Å². The molecule has 1 aliphatic rings. The lowest BCUT2D eigenvalue weighted by Gasteiger charge is -2.30. The molecule has 1 aromatic rings. The van der Waals surface area contributed by atoms with Crippen molar-refractivity contribution in [2.75, 3.05) is 11.6 Å². The van der Waals surface area contributed by atoms with E-state index < -0.39 is 17.4 Å².